The number of benzene rings is 2. The van der Waals surface area contributed by atoms with Crippen LogP contribution in [-0.2, 0) is 10.3 Å². The van der Waals surface area contributed by atoms with Crippen LogP contribution in [0.15, 0.2) is 36.9 Å². The average Bonchev–Trinajstić information content (AvgIpc) is 3.01. The Kier molecular flexibility index (Phi) is 6.04. The zero-order chi connectivity index (χ0) is 20.5. The first-order chi connectivity index (χ1) is 13.2. The molecule has 0 spiro atoms. The molecule has 1 aliphatic heterocycles. The first-order valence-electron chi connectivity index (χ1n) is 10.3. The molecule has 3 rings (SSSR count). The third-order valence-corrected chi connectivity index (χ3v) is 7.91. The van der Waals surface area contributed by atoms with E-state index < -0.39 is 8.07 Å². The van der Waals surface area contributed by atoms with Crippen molar-refractivity contribution in [3.8, 4) is 5.75 Å². The first kappa shape index (κ1) is 21.1. The molecule has 152 valence electrons. The summed E-state index contributed by atoms with van der Waals surface area (Å²) >= 11 is 0. The maximum absolute atomic E-state index is 6.19. The smallest absolute Gasteiger partial charge is 0.126 e. The van der Waals surface area contributed by atoms with Gasteiger partial charge >= 0.3 is 0 Å². The number of methoxy groups -OCH3 is 2. The van der Waals surface area contributed by atoms with Crippen LogP contribution in [0.25, 0.3) is 16.8 Å². The number of rotatable bonds is 7. The van der Waals surface area contributed by atoms with Gasteiger partial charge in [-0.1, -0.05) is 44.4 Å². The Hall–Kier alpha value is -1.62. The van der Waals surface area contributed by atoms with Crippen LogP contribution < -0.4 is 4.74 Å². The maximum Gasteiger partial charge on any atom is 0.126 e. The molecule has 0 aliphatic carbocycles. The van der Waals surface area contributed by atoms with E-state index in [2.05, 4.69) is 68.4 Å². The van der Waals surface area contributed by atoms with Crippen molar-refractivity contribution in [1.29, 1.82) is 0 Å². The Morgan fingerprint density at radius 3 is 2.54 bits per heavy atom. The molecule has 0 aromatic heterocycles. The van der Waals surface area contributed by atoms with E-state index in [4.69, 9.17) is 9.47 Å². The lowest BCUT2D eigenvalue weighted by molar-refractivity contribution is -0.00559. The number of likely N-dealkylation sites (tertiary alicyclic amines) is 1. The predicted molar refractivity (Wildman–Crippen MR) is 123 cm³/mol. The van der Waals surface area contributed by atoms with Crippen molar-refractivity contribution in [2.24, 2.45) is 0 Å². The highest BCUT2D eigenvalue weighted by atomic mass is 28.3. The van der Waals surface area contributed by atoms with Crippen LogP contribution >= 0.6 is 0 Å². The Morgan fingerprint density at radius 1 is 1.18 bits per heavy atom. The van der Waals surface area contributed by atoms with Gasteiger partial charge in [-0.05, 0) is 60.5 Å². The molecule has 0 bridgehead atoms. The van der Waals surface area contributed by atoms with E-state index in [1.807, 2.05) is 13.2 Å². The second kappa shape index (κ2) is 8.01. The number of ether oxygens (including phenoxy) is 2. The van der Waals surface area contributed by atoms with Crippen molar-refractivity contribution in [3.05, 3.63) is 48.0 Å². The van der Waals surface area contributed by atoms with Gasteiger partial charge in [0.25, 0.3) is 0 Å². The summed E-state index contributed by atoms with van der Waals surface area (Å²) in [5.41, 5.74) is 2.06. The van der Waals surface area contributed by atoms with E-state index in [0.717, 1.165) is 24.3 Å². The molecular formula is C24H35NO2Si. The lowest BCUT2D eigenvalue weighted by atomic mass is 9.89. The van der Waals surface area contributed by atoms with Crippen molar-refractivity contribution in [2.45, 2.75) is 50.7 Å². The zero-order valence-electron chi connectivity index (χ0n) is 18.3. The number of hydrogen-bond donors (Lipinski definition) is 0. The van der Waals surface area contributed by atoms with Gasteiger partial charge in [0.15, 0.2) is 0 Å². The molecule has 0 unspecified atom stereocenters. The van der Waals surface area contributed by atoms with Gasteiger partial charge in [-0.15, -0.1) is 0 Å². The Balaban J connectivity index is 1.93. The lowest BCUT2D eigenvalue weighted by Crippen LogP contribution is -2.36. The fraction of sp³-hybridized carbons (Fsp3) is 0.500. The summed E-state index contributed by atoms with van der Waals surface area (Å²) in [6.45, 7) is 15.8. The normalized spacial score (nSPS) is 23.3. The zero-order valence-corrected chi connectivity index (χ0v) is 19.3. The monoisotopic (exact) mass is 397 g/mol. The summed E-state index contributed by atoms with van der Waals surface area (Å²) in [6, 6.07) is 12.8. The minimum Gasteiger partial charge on any atom is -0.496 e. The summed E-state index contributed by atoms with van der Waals surface area (Å²) < 4.78 is 11.7. The topological polar surface area (TPSA) is 21.7 Å². The molecule has 2 atom stereocenters. The molecule has 0 amide bonds. The van der Waals surface area contributed by atoms with Crippen molar-refractivity contribution >= 4 is 24.9 Å². The van der Waals surface area contributed by atoms with E-state index in [1.165, 1.54) is 28.9 Å². The van der Waals surface area contributed by atoms with Crippen LogP contribution in [0.3, 0.4) is 0 Å². The molecule has 0 radical (unpaired) electrons. The molecule has 1 fully saturated rings. The summed E-state index contributed by atoms with van der Waals surface area (Å²) in [5.74, 6) is 0.865. The van der Waals surface area contributed by atoms with Gasteiger partial charge in [0, 0.05) is 33.3 Å². The van der Waals surface area contributed by atoms with Crippen LogP contribution in [0.4, 0.5) is 0 Å². The van der Waals surface area contributed by atoms with E-state index in [1.54, 1.807) is 7.11 Å². The van der Waals surface area contributed by atoms with Gasteiger partial charge in [0.1, 0.15) is 11.4 Å². The molecule has 1 heterocycles. The first-order valence-corrected chi connectivity index (χ1v) is 14.0. The van der Waals surface area contributed by atoms with Gasteiger partial charge in [0.2, 0.25) is 0 Å². The van der Waals surface area contributed by atoms with Gasteiger partial charge in [-0.25, -0.2) is 0 Å². The molecule has 0 N–H and O–H groups in total. The van der Waals surface area contributed by atoms with Crippen molar-refractivity contribution < 1.29 is 9.47 Å². The van der Waals surface area contributed by atoms with E-state index in [-0.39, 0.29) is 5.60 Å². The summed E-state index contributed by atoms with van der Waals surface area (Å²) in [4.78, 5) is 2.62. The van der Waals surface area contributed by atoms with Gasteiger partial charge in [-0.3, -0.25) is 4.90 Å². The third kappa shape index (κ3) is 4.19. The van der Waals surface area contributed by atoms with Crippen LogP contribution in [0.1, 0.15) is 24.5 Å². The quantitative estimate of drug-likeness (QED) is 0.554. The van der Waals surface area contributed by atoms with Crippen molar-refractivity contribution in [2.75, 3.05) is 27.3 Å². The Morgan fingerprint density at radius 2 is 1.93 bits per heavy atom. The molecule has 2 aromatic carbocycles. The highest BCUT2D eigenvalue weighted by Crippen LogP contribution is 2.40. The van der Waals surface area contributed by atoms with Crippen LogP contribution in [0.2, 0.25) is 25.7 Å². The van der Waals surface area contributed by atoms with Crippen LogP contribution in [0.5, 0.6) is 5.75 Å². The summed E-state index contributed by atoms with van der Waals surface area (Å²) in [7, 11) is 2.52. The molecular weight excluding hydrogens is 362 g/mol. The van der Waals surface area contributed by atoms with E-state index >= 15 is 0 Å². The van der Waals surface area contributed by atoms with Crippen LogP contribution in [0, 0.1) is 0 Å². The second-order valence-electron chi connectivity index (χ2n) is 9.39. The number of nitrogens with zero attached hydrogens (tertiary/aromatic N) is 1. The number of hydrogen-bond acceptors (Lipinski definition) is 3. The molecule has 4 heteroatoms. The van der Waals surface area contributed by atoms with E-state index in [9.17, 15) is 0 Å². The van der Waals surface area contributed by atoms with E-state index in [0.29, 0.717) is 6.04 Å². The van der Waals surface area contributed by atoms with Crippen molar-refractivity contribution in [1.82, 2.24) is 4.90 Å². The van der Waals surface area contributed by atoms with Crippen LogP contribution in [-0.4, -0.2) is 46.3 Å². The molecule has 2 aromatic rings. The average molecular weight is 398 g/mol. The van der Waals surface area contributed by atoms with Crippen molar-refractivity contribution in [3.63, 3.8) is 0 Å². The molecule has 1 aliphatic rings. The Bertz CT molecular complexity index is 858. The molecule has 3 nitrogen and oxygen atoms in total. The minimum absolute atomic E-state index is 0.235. The largest absolute Gasteiger partial charge is 0.496 e. The van der Waals surface area contributed by atoms with Gasteiger partial charge < -0.3 is 9.47 Å². The molecule has 28 heavy (non-hydrogen) atoms. The second-order valence-corrected chi connectivity index (χ2v) is 15.0. The summed E-state index contributed by atoms with van der Waals surface area (Å²) in [6.07, 6.45) is 2.89. The fourth-order valence-corrected chi connectivity index (χ4v) is 5.28. The third-order valence-electron chi connectivity index (χ3n) is 6.18. The lowest BCUT2D eigenvalue weighted by Gasteiger charge is -2.30. The SMILES string of the molecule is C=Cc1cc2cc([C@]3(OC)C[C@H](C)N(CC[Si](C)(C)C)C3)ccc2cc1OC. The number of fused-ring (bicyclic) bond motifs is 1. The predicted octanol–water partition coefficient (Wildman–Crippen LogP) is 5.77. The maximum atomic E-state index is 6.19. The van der Waals surface area contributed by atoms with Gasteiger partial charge in [-0.2, -0.15) is 0 Å². The minimum atomic E-state index is -1.05. The standard InChI is InChI=1S/C24H35NO2Si/c1-8-19-13-21-14-22(10-9-20(21)15-23(19)26-3)24(27-4)16-18(2)25(17-24)11-12-28(5,6)7/h8-10,13-15,18H,1,11-12,16-17H2,2-7H3/t18-,24-/m0/s1. The fourth-order valence-electron chi connectivity index (χ4n) is 4.32. The molecule has 1 saturated heterocycles. The Labute approximate surface area is 171 Å². The van der Waals surface area contributed by atoms with Gasteiger partial charge in [0.05, 0.1) is 7.11 Å². The highest BCUT2D eigenvalue weighted by Gasteiger charge is 2.44. The molecule has 0 saturated carbocycles. The summed E-state index contributed by atoms with van der Waals surface area (Å²) in [5, 5.41) is 2.39. The highest BCUT2D eigenvalue weighted by molar-refractivity contribution is 6.76.